The van der Waals surface area contributed by atoms with Crippen molar-refractivity contribution in [1.29, 1.82) is 0 Å². The maximum Gasteiger partial charge on any atom is 0.324 e. The van der Waals surface area contributed by atoms with E-state index in [9.17, 15) is 18.0 Å². The number of amides is 1. The number of carbonyl (C=O) groups is 2. The molecule has 1 amide bonds. The number of hydrogen-bond acceptors (Lipinski definition) is 5. The third-order valence-corrected chi connectivity index (χ3v) is 4.82. The van der Waals surface area contributed by atoms with Gasteiger partial charge in [-0.2, -0.15) is 4.72 Å². The van der Waals surface area contributed by atoms with E-state index >= 15 is 0 Å². The predicted molar refractivity (Wildman–Crippen MR) is 94.6 cm³/mol. The van der Waals surface area contributed by atoms with Crippen LogP contribution in [-0.2, 0) is 24.3 Å². The van der Waals surface area contributed by atoms with E-state index in [1.165, 1.54) is 30.3 Å². The van der Waals surface area contributed by atoms with Crippen LogP contribution in [0.3, 0.4) is 0 Å². The summed E-state index contributed by atoms with van der Waals surface area (Å²) in [6.45, 7) is 6.51. The Balaban J connectivity index is 2.79. The van der Waals surface area contributed by atoms with Crippen molar-refractivity contribution in [2.24, 2.45) is 5.92 Å². The van der Waals surface area contributed by atoms with E-state index in [1.54, 1.807) is 13.8 Å². The molecule has 0 saturated carbocycles. The number of ether oxygens (including phenoxy) is 1. The zero-order chi connectivity index (χ0) is 19.0. The minimum Gasteiger partial charge on any atom is -0.454 e. The number of rotatable bonds is 9. The number of halogens is 1. The van der Waals surface area contributed by atoms with Crippen LogP contribution in [0.1, 0.15) is 13.8 Å². The molecule has 0 heterocycles. The van der Waals surface area contributed by atoms with E-state index in [4.69, 9.17) is 16.3 Å². The predicted octanol–water partition coefficient (Wildman–Crippen LogP) is 1.49. The summed E-state index contributed by atoms with van der Waals surface area (Å²) in [5, 5.41) is 2.84. The van der Waals surface area contributed by atoms with Gasteiger partial charge in [0.25, 0.3) is 5.91 Å². The molecule has 0 spiro atoms. The Bertz CT molecular complexity index is 717. The lowest BCUT2D eigenvalue weighted by Crippen LogP contribution is -2.46. The monoisotopic (exact) mass is 388 g/mol. The Morgan fingerprint density at radius 2 is 1.88 bits per heavy atom. The number of esters is 1. The van der Waals surface area contributed by atoms with E-state index in [2.05, 4.69) is 16.6 Å². The average Bonchev–Trinajstić information content (AvgIpc) is 2.55. The van der Waals surface area contributed by atoms with Crippen molar-refractivity contribution in [1.82, 2.24) is 10.0 Å². The molecule has 0 aromatic heterocycles. The van der Waals surface area contributed by atoms with E-state index in [-0.39, 0.29) is 17.4 Å². The van der Waals surface area contributed by atoms with Crippen LogP contribution in [0.2, 0.25) is 5.02 Å². The second kappa shape index (κ2) is 9.55. The summed E-state index contributed by atoms with van der Waals surface area (Å²) in [6.07, 6.45) is 1.48. The van der Waals surface area contributed by atoms with Crippen LogP contribution in [0.15, 0.2) is 41.8 Å². The fraction of sp³-hybridized carbons (Fsp3) is 0.375. The summed E-state index contributed by atoms with van der Waals surface area (Å²) in [6, 6.07) is 4.39. The van der Waals surface area contributed by atoms with Crippen molar-refractivity contribution in [2.75, 3.05) is 13.2 Å². The molecule has 1 aromatic rings. The fourth-order valence-corrected chi connectivity index (χ4v) is 3.23. The first kappa shape index (κ1) is 21.1. The molecule has 1 rings (SSSR count). The van der Waals surface area contributed by atoms with E-state index in [0.29, 0.717) is 5.02 Å². The van der Waals surface area contributed by atoms with Gasteiger partial charge < -0.3 is 10.1 Å². The molecule has 0 bridgehead atoms. The Hall–Kier alpha value is -1.90. The van der Waals surface area contributed by atoms with Gasteiger partial charge in [-0.3, -0.25) is 9.59 Å². The summed E-state index contributed by atoms with van der Waals surface area (Å²) in [4.78, 5) is 23.6. The quantitative estimate of drug-likeness (QED) is 0.493. The maximum absolute atomic E-state index is 12.4. The van der Waals surface area contributed by atoms with Gasteiger partial charge in [-0.25, -0.2) is 8.42 Å². The zero-order valence-electron chi connectivity index (χ0n) is 14.0. The molecule has 0 saturated heterocycles. The lowest BCUT2D eigenvalue weighted by Gasteiger charge is -2.20. The first-order valence-electron chi connectivity index (χ1n) is 7.49. The van der Waals surface area contributed by atoms with Gasteiger partial charge in [0.15, 0.2) is 6.61 Å². The molecule has 7 nitrogen and oxygen atoms in total. The van der Waals surface area contributed by atoms with Crippen LogP contribution in [0.25, 0.3) is 0 Å². The van der Waals surface area contributed by atoms with Gasteiger partial charge in [0.05, 0.1) is 4.90 Å². The summed E-state index contributed by atoms with van der Waals surface area (Å²) < 4.78 is 32.0. The van der Waals surface area contributed by atoms with Gasteiger partial charge in [-0.1, -0.05) is 31.5 Å². The second-order valence-corrected chi connectivity index (χ2v) is 7.65. The first-order valence-corrected chi connectivity index (χ1v) is 9.35. The standard InChI is InChI=1S/C16H21ClN2O5S/c1-4-9-18-14(20)10-24-16(21)15(11(2)3)19-25(22,23)13-7-5-12(17)6-8-13/h4-8,11,15,19H,1,9-10H2,2-3H3,(H,18,20). The number of nitrogens with one attached hydrogen (secondary N) is 2. The Labute approximate surface area is 152 Å². The van der Waals surface area contributed by atoms with E-state index in [1.807, 2.05) is 0 Å². The molecule has 0 aliphatic heterocycles. The highest BCUT2D eigenvalue weighted by Gasteiger charge is 2.30. The normalized spacial score (nSPS) is 12.5. The second-order valence-electron chi connectivity index (χ2n) is 5.50. The molecule has 0 radical (unpaired) electrons. The smallest absolute Gasteiger partial charge is 0.324 e. The number of sulfonamides is 1. The van der Waals surface area contributed by atoms with Crippen molar-refractivity contribution >= 4 is 33.5 Å². The summed E-state index contributed by atoms with van der Waals surface area (Å²) >= 11 is 5.74. The van der Waals surface area contributed by atoms with Crippen LogP contribution < -0.4 is 10.0 Å². The molecule has 138 valence electrons. The molecular formula is C16H21ClN2O5S. The molecule has 0 aliphatic rings. The van der Waals surface area contributed by atoms with Crippen molar-refractivity contribution < 1.29 is 22.7 Å². The number of benzene rings is 1. The molecule has 1 unspecified atom stereocenters. The molecule has 2 N–H and O–H groups in total. The SMILES string of the molecule is C=CCNC(=O)COC(=O)C(NS(=O)(=O)c1ccc(Cl)cc1)C(C)C. The summed E-state index contributed by atoms with van der Waals surface area (Å²) in [5.41, 5.74) is 0. The number of hydrogen-bond donors (Lipinski definition) is 2. The molecule has 1 atom stereocenters. The lowest BCUT2D eigenvalue weighted by molar-refractivity contribution is -0.151. The van der Waals surface area contributed by atoms with Gasteiger partial charge in [0.1, 0.15) is 6.04 Å². The molecule has 9 heteroatoms. The van der Waals surface area contributed by atoms with Gasteiger partial charge in [0, 0.05) is 11.6 Å². The van der Waals surface area contributed by atoms with E-state index in [0.717, 1.165) is 0 Å². The van der Waals surface area contributed by atoms with Crippen molar-refractivity contribution in [3.63, 3.8) is 0 Å². The first-order chi connectivity index (χ1) is 11.7. The Morgan fingerprint density at radius 1 is 1.28 bits per heavy atom. The number of carbonyl (C=O) groups excluding carboxylic acids is 2. The van der Waals surface area contributed by atoms with Gasteiger partial charge in [-0.15, -0.1) is 6.58 Å². The summed E-state index contributed by atoms with van der Waals surface area (Å²) in [7, 11) is -3.94. The zero-order valence-corrected chi connectivity index (χ0v) is 15.6. The summed E-state index contributed by atoms with van der Waals surface area (Å²) in [5.74, 6) is -1.72. The van der Waals surface area contributed by atoms with Crippen molar-refractivity contribution in [2.45, 2.75) is 24.8 Å². The highest BCUT2D eigenvalue weighted by atomic mass is 35.5. The minimum atomic E-state index is -3.94. The van der Waals surface area contributed by atoms with Gasteiger partial charge in [-0.05, 0) is 30.2 Å². The molecule has 0 fully saturated rings. The highest BCUT2D eigenvalue weighted by Crippen LogP contribution is 2.16. The topological polar surface area (TPSA) is 102 Å². The molecule has 1 aromatic carbocycles. The van der Waals surface area contributed by atoms with Crippen molar-refractivity contribution in [3.8, 4) is 0 Å². The fourth-order valence-electron chi connectivity index (χ4n) is 1.77. The minimum absolute atomic E-state index is 0.0286. The van der Waals surface area contributed by atoms with Crippen LogP contribution in [0.5, 0.6) is 0 Å². The molecular weight excluding hydrogens is 368 g/mol. The third-order valence-electron chi connectivity index (χ3n) is 3.12. The van der Waals surface area contributed by atoms with Crippen LogP contribution in [-0.4, -0.2) is 39.5 Å². The Morgan fingerprint density at radius 3 is 2.40 bits per heavy atom. The van der Waals surface area contributed by atoms with Crippen LogP contribution in [0.4, 0.5) is 0 Å². The van der Waals surface area contributed by atoms with Crippen LogP contribution >= 0.6 is 11.6 Å². The van der Waals surface area contributed by atoms with Gasteiger partial charge >= 0.3 is 5.97 Å². The highest BCUT2D eigenvalue weighted by molar-refractivity contribution is 7.89. The largest absolute Gasteiger partial charge is 0.454 e. The lowest BCUT2D eigenvalue weighted by atomic mass is 10.1. The van der Waals surface area contributed by atoms with E-state index < -0.39 is 34.5 Å². The maximum atomic E-state index is 12.4. The van der Waals surface area contributed by atoms with Crippen LogP contribution in [0, 0.1) is 5.92 Å². The van der Waals surface area contributed by atoms with Crippen molar-refractivity contribution in [3.05, 3.63) is 41.9 Å². The molecule has 0 aliphatic carbocycles. The van der Waals surface area contributed by atoms with Gasteiger partial charge in [0.2, 0.25) is 10.0 Å². The molecule has 25 heavy (non-hydrogen) atoms. The average molecular weight is 389 g/mol. The Kier molecular flexibility index (Phi) is 8.08. The third kappa shape index (κ3) is 6.85.